The molecule has 1 unspecified atom stereocenters. The summed E-state index contributed by atoms with van der Waals surface area (Å²) in [6.45, 7) is 0. The first-order chi connectivity index (χ1) is 6.52. The maximum atomic E-state index is 10.6. The van der Waals surface area contributed by atoms with Crippen LogP contribution in [0.4, 0.5) is 0 Å². The number of hydrogen-bond acceptors (Lipinski definition) is 3. The van der Waals surface area contributed by atoms with Gasteiger partial charge in [-0.1, -0.05) is 0 Å². The van der Waals surface area contributed by atoms with Gasteiger partial charge in [-0.2, -0.15) is 0 Å². The first kappa shape index (κ1) is 11.6. The Labute approximate surface area is 97.8 Å². The molecule has 0 saturated carbocycles. The summed E-state index contributed by atoms with van der Waals surface area (Å²) >= 11 is 6.57. The molecule has 6 heteroatoms. The van der Waals surface area contributed by atoms with Gasteiger partial charge in [0.15, 0.2) is 0 Å². The van der Waals surface area contributed by atoms with E-state index in [4.69, 9.17) is 10.8 Å². The molecule has 14 heavy (non-hydrogen) atoms. The first-order valence-electron chi connectivity index (χ1n) is 3.78. The lowest BCUT2D eigenvalue weighted by molar-refractivity contribution is -0.138. The van der Waals surface area contributed by atoms with Crippen molar-refractivity contribution in [3.05, 3.63) is 26.9 Å². The monoisotopic (exact) mass is 322 g/mol. The molecule has 0 aromatic carbocycles. The van der Waals surface area contributed by atoms with Gasteiger partial charge in [0.25, 0.3) is 0 Å². The number of carboxylic acids is 1. The van der Waals surface area contributed by atoms with Gasteiger partial charge in [0.1, 0.15) is 6.04 Å². The van der Waals surface area contributed by atoms with Crippen molar-refractivity contribution in [3.63, 3.8) is 0 Å². The molecule has 1 heterocycles. The highest BCUT2D eigenvalue weighted by atomic mass is 79.9. The number of halogens is 2. The van der Waals surface area contributed by atoms with Gasteiger partial charge in [-0.15, -0.1) is 0 Å². The van der Waals surface area contributed by atoms with Crippen molar-refractivity contribution in [1.82, 2.24) is 4.98 Å². The summed E-state index contributed by atoms with van der Waals surface area (Å²) in [5.74, 6) is -1.01. The second-order valence-electron chi connectivity index (χ2n) is 2.73. The van der Waals surface area contributed by atoms with Crippen LogP contribution >= 0.6 is 31.9 Å². The fraction of sp³-hybridized carbons (Fsp3) is 0.250. The van der Waals surface area contributed by atoms with Crippen LogP contribution in [-0.4, -0.2) is 22.1 Å². The van der Waals surface area contributed by atoms with E-state index in [9.17, 15) is 4.79 Å². The number of pyridine rings is 1. The number of carbonyl (C=O) groups is 1. The summed E-state index contributed by atoms with van der Waals surface area (Å²) < 4.78 is 1.51. The van der Waals surface area contributed by atoms with Crippen molar-refractivity contribution in [3.8, 4) is 0 Å². The summed E-state index contributed by atoms with van der Waals surface area (Å²) in [6.07, 6.45) is 3.47. The van der Waals surface area contributed by atoms with Crippen molar-refractivity contribution in [2.45, 2.75) is 12.5 Å². The van der Waals surface area contributed by atoms with Crippen molar-refractivity contribution < 1.29 is 9.90 Å². The summed E-state index contributed by atoms with van der Waals surface area (Å²) in [6, 6.07) is -0.898. The third kappa shape index (κ3) is 2.76. The fourth-order valence-electron chi connectivity index (χ4n) is 0.940. The zero-order valence-corrected chi connectivity index (χ0v) is 10.2. The van der Waals surface area contributed by atoms with E-state index < -0.39 is 12.0 Å². The van der Waals surface area contributed by atoms with Gasteiger partial charge in [-0.3, -0.25) is 9.78 Å². The van der Waals surface area contributed by atoms with Crippen LogP contribution in [0, 0.1) is 0 Å². The molecule has 0 aliphatic rings. The van der Waals surface area contributed by atoms with E-state index in [2.05, 4.69) is 36.8 Å². The van der Waals surface area contributed by atoms with Crippen LogP contribution in [0.1, 0.15) is 5.56 Å². The van der Waals surface area contributed by atoms with Crippen LogP contribution in [0.2, 0.25) is 0 Å². The molecule has 0 aliphatic carbocycles. The second-order valence-corrected chi connectivity index (χ2v) is 4.44. The maximum Gasteiger partial charge on any atom is 0.320 e. The normalized spacial score (nSPS) is 12.5. The molecule has 0 radical (unpaired) electrons. The molecule has 0 fully saturated rings. The Balaban J connectivity index is 2.91. The Bertz CT molecular complexity index is 337. The van der Waals surface area contributed by atoms with E-state index in [0.29, 0.717) is 0 Å². The standard InChI is InChI=1S/C8H8Br2N2O2/c9-5-2-12-3-6(10)4(5)1-7(11)8(13)14/h2-3,7H,1,11H2,(H,13,14). The zero-order valence-electron chi connectivity index (χ0n) is 7.08. The minimum Gasteiger partial charge on any atom is -0.480 e. The molecule has 0 aliphatic heterocycles. The Hall–Kier alpha value is -0.460. The fourth-order valence-corrected chi connectivity index (χ4v) is 2.19. The van der Waals surface area contributed by atoms with E-state index >= 15 is 0 Å². The summed E-state index contributed by atoms with van der Waals surface area (Å²) in [5, 5.41) is 8.65. The van der Waals surface area contributed by atoms with Crippen LogP contribution in [0.25, 0.3) is 0 Å². The van der Waals surface area contributed by atoms with Gasteiger partial charge in [0.05, 0.1) is 0 Å². The van der Waals surface area contributed by atoms with Crippen LogP contribution in [-0.2, 0) is 11.2 Å². The minimum absolute atomic E-state index is 0.263. The Morgan fingerprint density at radius 1 is 1.50 bits per heavy atom. The summed E-state index contributed by atoms with van der Waals surface area (Å²) in [7, 11) is 0. The SMILES string of the molecule is NC(Cc1c(Br)cncc1Br)C(=O)O. The second kappa shape index (κ2) is 4.86. The molecule has 1 atom stereocenters. The molecule has 0 bridgehead atoms. The molecule has 0 amide bonds. The quantitative estimate of drug-likeness (QED) is 0.885. The Morgan fingerprint density at radius 3 is 2.43 bits per heavy atom. The highest BCUT2D eigenvalue weighted by Gasteiger charge is 2.15. The van der Waals surface area contributed by atoms with Gasteiger partial charge in [0, 0.05) is 27.8 Å². The summed E-state index contributed by atoms with van der Waals surface area (Å²) in [4.78, 5) is 14.5. The van der Waals surface area contributed by atoms with Crippen LogP contribution in [0.3, 0.4) is 0 Å². The van der Waals surface area contributed by atoms with E-state index in [0.717, 1.165) is 14.5 Å². The predicted octanol–water partition coefficient (Wildman–Crippen LogP) is 1.56. The summed E-state index contributed by atoms with van der Waals surface area (Å²) in [5.41, 5.74) is 6.24. The van der Waals surface area contributed by atoms with Gasteiger partial charge in [0.2, 0.25) is 0 Å². The van der Waals surface area contributed by atoms with Crippen molar-refractivity contribution in [2.75, 3.05) is 0 Å². The molecule has 4 nitrogen and oxygen atoms in total. The topological polar surface area (TPSA) is 76.2 Å². The molecular formula is C8H8Br2N2O2. The lowest BCUT2D eigenvalue weighted by Gasteiger charge is -2.09. The average Bonchev–Trinajstić information content (AvgIpc) is 2.11. The Kier molecular flexibility index (Phi) is 4.03. The van der Waals surface area contributed by atoms with Crippen molar-refractivity contribution in [2.24, 2.45) is 5.73 Å². The molecular weight excluding hydrogens is 316 g/mol. The number of nitrogens with zero attached hydrogens (tertiary/aromatic N) is 1. The Morgan fingerprint density at radius 2 is 2.00 bits per heavy atom. The minimum atomic E-state index is -1.01. The number of rotatable bonds is 3. The molecule has 1 aromatic rings. The number of hydrogen-bond donors (Lipinski definition) is 2. The number of nitrogens with two attached hydrogens (primary N) is 1. The predicted molar refractivity (Wildman–Crippen MR) is 59.0 cm³/mol. The number of aromatic nitrogens is 1. The van der Waals surface area contributed by atoms with Gasteiger partial charge >= 0.3 is 5.97 Å². The van der Waals surface area contributed by atoms with Gasteiger partial charge in [-0.25, -0.2) is 0 Å². The lowest BCUT2D eigenvalue weighted by Crippen LogP contribution is -2.32. The first-order valence-corrected chi connectivity index (χ1v) is 5.37. The average molecular weight is 324 g/mol. The van der Waals surface area contributed by atoms with Crippen molar-refractivity contribution in [1.29, 1.82) is 0 Å². The van der Waals surface area contributed by atoms with E-state index in [-0.39, 0.29) is 6.42 Å². The van der Waals surface area contributed by atoms with E-state index in [1.165, 1.54) is 0 Å². The molecule has 0 saturated heterocycles. The third-order valence-corrected chi connectivity index (χ3v) is 3.06. The maximum absolute atomic E-state index is 10.6. The van der Waals surface area contributed by atoms with Crippen LogP contribution in [0.15, 0.2) is 21.3 Å². The highest BCUT2D eigenvalue weighted by molar-refractivity contribution is 9.11. The molecule has 1 aromatic heterocycles. The van der Waals surface area contributed by atoms with Crippen LogP contribution in [0.5, 0.6) is 0 Å². The molecule has 1 rings (SSSR count). The smallest absolute Gasteiger partial charge is 0.320 e. The lowest BCUT2D eigenvalue weighted by atomic mass is 10.1. The van der Waals surface area contributed by atoms with E-state index in [1.807, 2.05) is 0 Å². The molecule has 76 valence electrons. The third-order valence-electron chi connectivity index (χ3n) is 1.69. The van der Waals surface area contributed by atoms with E-state index in [1.54, 1.807) is 12.4 Å². The highest BCUT2D eigenvalue weighted by Crippen LogP contribution is 2.24. The molecule has 0 spiro atoms. The van der Waals surface area contributed by atoms with Crippen molar-refractivity contribution >= 4 is 37.8 Å². The van der Waals surface area contributed by atoms with Gasteiger partial charge < -0.3 is 10.8 Å². The van der Waals surface area contributed by atoms with Gasteiger partial charge in [-0.05, 0) is 37.4 Å². The largest absolute Gasteiger partial charge is 0.480 e. The zero-order chi connectivity index (χ0) is 10.7. The van der Waals surface area contributed by atoms with Crippen LogP contribution < -0.4 is 5.73 Å². The molecule has 3 N–H and O–H groups in total. The number of aliphatic carboxylic acids is 1. The number of carboxylic acid groups (broad SMARTS) is 1.